The summed E-state index contributed by atoms with van der Waals surface area (Å²) in [5.74, 6) is -1.26. The van der Waals surface area contributed by atoms with Gasteiger partial charge in [0, 0.05) is 0 Å². The lowest BCUT2D eigenvalue weighted by Crippen LogP contribution is -2.23. The number of ether oxygens (including phenoxy) is 1. The van der Waals surface area contributed by atoms with Crippen LogP contribution in [0.15, 0.2) is 70.6 Å². The highest BCUT2D eigenvalue weighted by molar-refractivity contribution is 7.92. The zero-order valence-corrected chi connectivity index (χ0v) is 22.8. The van der Waals surface area contributed by atoms with Crippen molar-refractivity contribution in [3.8, 4) is 0 Å². The van der Waals surface area contributed by atoms with Crippen molar-refractivity contribution >= 4 is 72.3 Å². The maximum absolute atomic E-state index is 13.3. The third-order valence-corrected chi connectivity index (χ3v) is 8.48. The number of carbonyl (C=O) groups is 2. The normalized spacial score (nSPS) is 12.1. The Morgan fingerprint density at radius 2 is 1.76 bits per heavy atom. The number of thiazole rings is 1. The van der Waals surface area contributed by atoms with Crippen molar-refractivity contribution in [2.45, 2.75) is 25.3 Å². The summed E-state index contributed by atoms with van der Waals surface area (Å²) in [6.07, 6.45) is 0. The van der Waals surface area contributed by atoms with E-state index in [9.17, 15) is 18.0 Å². The molecule has 0 aliphatic rings. The predicted molar refractivity (Wildman–Crippen MR) is 145 cm³/mol. The standard InChI is InChI=1S/C25H21Cl2N3O5S2/c1-3-35-21(31)14-30-23-20(13-12-18(26)22(23)27)36-25(30)28-24(32)17-6-4-5-7-19(17)29-37(33,34)16-10-8-15(2)9-11-16/h4-13,29H,3,14H2,1-2H3. The number of hydrogen-bond donors (Lipinski definition) is 1. The monoisotopic (exact) mass is 577 g/mol. The van der Waals surface area contributed by atoms with Crippen molar-refractivity contribution in [3.63, 3.8) is 0 Å². The van der Waals surface area contributed by atoms with Gasteiger partial charge in [-0.05, 0) is 50.2 Å². The van der Waals surface area contributed by atoms with Crippen molar-refractivity contribution in [2.75, 3.05) is 11.3 Å². The first kappa shape index (κ1) is 26.9. The highest BCUT2D eigenvalue weighted by Gasteiger charge is 2.20. The summed E-state index contributed by atoms with van der Waals surface area (Å²) in [5, 5.41) is 0.484. The first-order chi connectivity index (χ1) is 17.6. The fourth-order valence-corrected chi connectivity index (χ4v) is 6.09. The molecule has 4 rings (SSSR count). The SMILES string of the molecule is CCOC(=O)Cn1c(=NC(=O)c2ccccc2NS(=O)(=O)c2ccc(C)cc2)sc2ccc(Cl)c(Cl)c21. The maximum atomic E-state index is 13.3. The average Bonchev–Trinajstić information content (AvgIpc) is 3.19. The Kier molecular flexibility index (Phi) is 8.03. The minimum atomic E-state index is -3.96. The van der Waals surface area contributed by atoms with Crippen LogP contribution >= 0.6 is 34.5 Å². The lowest BCUT2D eigenvalue weighted by Gasteiger charge is -2.11. The Morgan fingerprint density at radius 3 is 2.46 bits per heavy atom. The summed E-state index contributed by atoms with van der Waals surface area (Å²) in [7, 11) is -3.96. The number of halogens is 2. The number of anilines is 1. The molecule has 0 aliphatic heterocycles. The molecular formula is C25H21Cl2N3O5S2. The Morgan fingerprint density at radius 1 is 1.05 bits per heavy atom. The van der Waals surface area contributed by atoms with E-state index < -0.39 is 21.9 Å². The van der Waals surface area contributed by atoms with Crippen LogP contribution in [0, 0.1) is 6.92 Å². The van der Waals surface area contributed by atoms with Crippen molar-refractivity contribution < 1.29 is 22.7 Å². The van der Waals surface area contributed by atoms with E-state index in [1.165, 1.54) is 28.8 Å². The van der Waals surface area contributed by atoms with E-state index in [4.69, 9.17) is 27.9 Å². The number of aryl methyl sites for hydroxylation is 1. The third-order valence-electron chi connectivity index (χ3n) is 5.26. The second-order valence-electron chi connectivity index (χ2n) is 7.87. The Bertz CT molecular complexity index is 1680. The van der Waals surface area contributed by atoms with Gasteiger partial charge in [0.2, 0.25) is 0 Å². The number of para-hydroxylation sites is 1. The van der Waals surface area contributed by atoms with Gasteiger partial charge in [0.25, 0.3) is 15.9 Å². The summed E-state index contributed by atoms with van der Waals surface area (Å²) in [6.45, 7) is 3.46. The van der Waals surface area contributed by atoms with Crippen LogP contribution in [0.5, 0.6) is 0 Å². The second-order valence-corrected chi connectivity index (χ2v) is 11.3. The van der Waals surface area contributed by atoms with E-state index >= 15 is 0 Å². The highest BCUT2D eigenvalue weighted by Crippen LogP contribution is 2.32. The molecule has 37 heavy (non-hydrogen) atoms. The van der Waals surface area contributed by atoms with Crippen molar-refractivity contribution in [2.24, 2.45) is 4.99 Å². The number of hydrogen-bond acceptors (Lipinski definition) is 6. The van der Waals surface area contributed by atoms with Crippen LogP contribution in [-0.4, -0.2) is 31.5 Å². The van der Waals surface area contributed by atoms with Crippen LogP contribution < -0.4 is 9.52 Å². The summed E-state index contributed by atoms with van der Waals surface area (Å²) >= 11 is 13.7. The average molecular weight is 578 g/mol. The minimum absolute atomic E-state index is 0.0301. The van der Waals surface area contributed by atoms with Gasteiger partial charge in [-0.1, -0.05) is 64.4 Å². The summed E-state index contributed by atoms with van der Waals surface area (Å²) in [6, 6.07) is 15.8. The van der Waals surface area contributed by atoms with Crippen LogP contribution in [0.1, 0.15) is 22.8 Å². The number of esters is 1. The topological polar surface area (TPSA) is 107 Å². The lowest BCUT2D eigenvalue weighted by molar-refractivity contribution is -0.143. The number of amides is 1. The van der Waals surface area contributed by atoms with Gasteiger partial charge in [0.1, 0.15) is 6.54 Å². The zero-order valence-electron chi connectivity index (χ0n) is 19.7. The summed E-state index contributed by atoms with van der Waals surface area (Å²) in [5.41, 5.74) is 1.44. The van der Waals surface area contributed by atoms with Crippen LogP contribution in [0.3, 0.4) is 0 Å². The number of aromatic nitrogens is 1. The number of benzene rings is 3. The molecule has 192 valence electrons. The van der Waals surface area contributed by atoms with Crippen LogP contribution in [0.4, 0.5) is 5.69 Å². The van der Waals surface area contributed by atoms with Gasteiger partial charge < -0.3 is 9.30 Å². The molecule has 1 aromatic heterocycles. The molecule has 1 heterocycles. The van der Waals surface area contributed by atoms with Crippen molar-refractivity contribution in [1.29, 1.82) is 0 Å². The van der Waals surface area contributed by atoms with E-state index in [-0.39, 0.29) is 44.1 Å². The van der Waals surface area contributed by atoms with Gasteiger partial charge in [0.05, 0.1) is 43.0 Å². The van der Waals surface area contributed by atoms with E-state index in [1.54, 1.807) is 43.3 Å². The fourth-order valence-electron chi connectivity index (χ4n) is 3.50. The van der Waals surface area contributed by atoms with Crippen molar-refractivity contribution in [1.82, 2.24) is 4.57 Å². The Balaban J connectivity index is 1.78. The second kappa shape index (κ2) is 11.1. The highest BCUT2D eigenvalue weighted by atomic mass is 35.5. The van der Waals surface area contributed by atoms with E-state index in [0.717, 1.165) is 16.9 Å². The number of nitrogens with zero attached hydrogens (tertiary/aromatic N) is 2. The van der Waals surface area contributed by atoms with Crippen LogP contribution in [-0.2, 0) is 26.1 Å². The number of nitrogens with one attached hydrogen (secondary N) is 1. The number of carbonyl (C=O) groups excluding carboxylic acids is 2. The van der Waals surface area contributed by atoms with Gasteiger partial charge in [-0.15, -0.1) is 0 Å². The number of sulfonamides is 1. The number of rotatable bonds is 7. The molecule has 3 aromatic carbocycles. The minimum Gasteiger partial charge on any atom is -0.465 e. The molecule has 0 spiro atoms. The smallest absolute Gasteiger partial charge is 0.326 e. The molecule has 4 aromatic rings. The summed E-state index contributed by atoms with van der Waals surface area (Å²) < 4.78 is 35.5. The molecule has 8 nitrogen and oxygen atoms in total. The molecule has 0 unspecified atom stereocenters. The molecule has 1 N–H and O–H groups in total. The van der Waals surface area contributed by atoms with Gasteiger partial charge in [0.15, 0.2) is 4.80 Å². The molecule has 0 saturated heterocycles. The maximum Gasteiger partial charge on any atom is 0.326 e. The lowest BCUT2D eigenvalue weighted by atomic mass is 10.2. The molecule has 0 saturated carbocycles. The van der Waals surface area contributed by atoms with Gasteiger partial charge >= 0.3 is 5.97 Å². The third kappa shape index (κ3) is 5.88. The van der Waals surface area contributed by atoms with Gasteiger partial charge in [-0.25, -0.2) is 8.42 Å². The van der Waals surface area contributed by atoms with E-state index in [0.29, 0.717) is 10.2 Å². The molecule has 12 heteroatoms. The van der Waals surface area contributed by atoms with Gasteiger partial charge in [-0.3, -0.25) is 14.3 Å². The Hall–Kier alpha value is -3.18. The first-order valence-electron chi connectivity index (χ1n) is 11.0. The van der Waals surface area contributed by atoms with Crippen molar-refractivity contribution in [3.05, 3.63) is 86.6 Å². The molecule has 1 amide bonds. The molecular weight excluding hydrogens is 557 g/mol. The summed E-state index contributed by atoms with van der Waals surface area (Å²) in [4.78, 5) is 30.1. The zero-order chi connectivity index (χ0) is 26.7. The van der Waals surface area contributed by atoms with Crippen LogP contribution in [0.2, 0.25) is 10.0 Å². The molecule has 0 aliphatic carbocycles. The molecule has 0 fully saturated rings. The quantitative estimate of drug-likeness (QED) is 0.295. The van der Waals surface area contributed by atoms with Gasteiger partial charge in [-0.2, -0.15) is 4.99 Å². The van der Waals surface area contributed by atoms with E-state index in [1.807, 2.05) is 6.92 Å². The van der Waals surface area contributed by atoms with Crippen LogP contribution in [0.25, 0.3) is 10.2 Å². The molecule has 0 bridgehead atoms. The first-order valence-corrected chi connectivity index (χ1v) is 14.1. The Labute approximate surface area is 227 Å². The molecule has 0 atom stereocenters. The van der Waals surface area contributed by atoms with E-state index in [2.05, 4.69) is 9.71 Å². The predicted octanol–water partition coefficient (Wildman–Crippen LogP) is 5.42. The fraction of sp³-hybridized carbons (Fsp3) is 0.160. The largest absolute Gasteiger partial charge is 0.465 e. The number of fused-ring (bicyclic) bond motifs is 1. The molecule has 0 radical (unpaired) electrons.